The molecule has 3 heterocycles. The summed E-state index contributed by atoms with van der Waals surface area (Å²) in [5.41, 5.74) is 9.58. The summed E-state index contributed by atoms with van der Waals surface area (Å²) in [6.45, 7) is 11.4. The zero-order valence-electron chi connectivity index (χ0n) is 19.0. The number of anilines is 2. The van der Waals surface area contributed by atoms with Gasteiger partial charge in [-0.3, -0.25) is 10.3 Å². The Hall–Kier alpha value is -2.06. The summed E-state index contributed by atoms with van der Waals surface area (Å²) in [4.78, 5) is 16.7. The van der Waals surface area contributed by atoms with Crippen molar-refractivity contribution in [3.63, 3.8) is 0 Å². The molecule has 0 atom stereocenters. The minimum atomic E-state index is -0.483. The summed E-state index contributed by atoms with van der Waals surface area (Å²) in [5, 5.41) is 1.97. The van der Waals surface area contributed by atoms with E-state index in [1.807, 2.05) is 25.8 Å². The fourth-order valence-corrected chi connectivity index (χ4v) is 5.16. The van der Waals surface area contributed by atoms with E-state index in [4.69, 9.17) is 10.5 Å². The second kappa shape index (κ2) is 8.47. The molecule has 3 saturated heterocycles. The summed E-state index contributed by atoms with van der Waals surface area (Å²) in [6, 6.07) is 5.57. The Labute approximate surface area is 184 Å². The highest BCUT2D eigenvalue weighted by Gasteiger charge is 2.47. The van der Waals surface area contributed by atoms with Gasteiger partial charge in [0.2, 0.25) is 0 Å². The van der Waals surface area contributed by atoms with Crippen LogP contribution >= 0.6 is 0 Å². The number of rotatable bonds is 3. The van der Waals surface area contributed by atoms with Crippen molar-refractivity contribution >= 4 is 17.5 Å². The van der Waals surface area contributed by atoms with Crippen LogP contribution in [0.4, 0.5) is 20.6 Å². The number of halogens is 1. The molecule has 1 aromatic rings. The first-order valence-electron chi connectivity index (χ1n) is 11.4. The van der Waals surface area contributed by atoms with Gasteiger partial charge in [-0.05, 0) is 70.1 Å². The molecule has 7 nitrogen and oxygen atoms in total. The highest BCUT2D eigenvalue weighted by Crippen LogP contribution is 2.43. The van der Waals surface area contributed by atoms with Gasteiger partial charge in [0.1, 0.15) is 11.4 Å². The van der Waals surface area contributed by atoms with Gasteiger partial charge in [0.05, 0.1) is 5.69 Å². The van der Waals surface area contributed by atoms with E-state index in [2.05, 4.69) is 15.2 Å². The first kappa shape index (κ1) is 22.1. The smallest absolute Gasteiger partial charge is 0.422 e. The van der Waals surface area contributed by atoms with Crippen LogP contribution in [0.2, 0.25) is 0 Å². The molecule has 0 radical (unpaired) electrons. The van der Waals surface area contributed by atoms with E-state index in [-0.39, 0.29) is 11.9 Å². The lowest BCUT2D eigenvalue weighted by Crippen LogP contribution is -2.64. The molecule has 3 aliphatic heterocycles. The zero-order chi connectivity index (χ0) is 22.2. The predicted molar refractivity (Wildman–Crippen MR) is 120 cm³/mol. The first-order chi connectivity index (χ1) is 14.6. The number of benzene rings is 1. The maximum atomic E-state index is 14.3. The van der Waals surface area contributed by atoms with Gasteiger partial charge in [0.15, 0.2) is 0 Å². The Bertz CT molecular complexity index is 788. The van der Waals surface area contributed by atoms with E-state index in [0.29, 0.717) is 22.8 Å². The highest BCUT2D eigenvalue weighted by molar-refractivity contribution is 5.67. The van der Waals surface area contributed by atoms with Crippen LogP contribution in [0.5, 0.6) is 0 Å². The molecule has 31 heavy (non-hydrogen) atoms. The normalized spacial score (nSPS) is 22.9. The maximum absolute atomic E-state index is 14.3. The number of hydrogen-bond acceptors (Lipinski definition) is 6. The van der Waals surface area contributed by atoms with Gasteiger partial charge in [-0.1, -0.05) is 0 Å². The van der Waals surface area contributed by atoms with Crippen molar-refractivity contribution < 1.29 is 13.9 Å². The molecule has 172 valence electrons. The summed E-state index contributed by atoms with van der Waals surface area (Å²) in [5.74, 6) is -0.224. The molecule has 3 fully saturated rings. The lowest BCUT2D eigenvalue weighted by Gasteiger charge is -2.57. The predicted octanol–water partition coefficient (Wildman–Crippen LogP) is 3.21. The second-order valence-electron chi connectivity index (χ2n) is 10.4. The van der Waals surface area contributed by atoms with Crippen molar-refractivity contribution in [3.05, 3.63) is 24.0 Å². The quantitative estimate of drug-likeness (QED) is 0.713. The van der Waals surface area contributed by atoms with Crippen molar-refractivity contribution in [2.24, 2.45) is 5.41 Å². The minimum absolute atomic E-state index is 0.224. The van der Waals surface area contributed by atoms with Gasteiger partial charge < -0.3 is 15.4 Å². The van der Waals surface area contributed by atoms with Gasteiger partial charge in [-0.2, -0.15) is 0 Å². The van der Waals surface area contributed by atoms with Crippen LogP contribution in [0.15, 0.2) is 18.2 Å². The fraction of sp³-hybridized carbons (Fsp3) is 0.696. The van der Waals surface area contributed by atoms with Crippen LogP contribution in [0.3, 0.4) is 0 Å². The Morgan fingerprint density at radius 2 is 1.81 bits per heavy atom. The highest BCUT2D eigenvalue weighted by atomic mass is 19.1. The molecule has 1 amide bonds. The number of nitrogens with two attached hydrogens (primary N) is 1. The number of amides is 1. The summed E-state index contributed by atoms with van der Waals surface area (Å²) < 4.78 is 19.6. The Balaban J connectivity index is 1.20. The molecule has 3 N–H and O–H groups in total. The topological polar surface area (TPSA) is 74.1 Å². The molecule has 3 aliphatic rings. The first-order valence-corrected chi connectivity index (χ1v) is 11.4. The average molecular weight is 434 g/mol. The van der Waals surface area contributed by atoms with Crippen LogP contribution in [0, 0.1) is 11.2 Å². The number of hydrogen-bond donors (Lipinski definition) is 2. The van der Waals surface area contributed by atoms with Crippen molar-refractivity contribution in [3.8, 4) is 0 Å². The van der Waals surface area contributed by atoms with Gasteiger partial charge >= 0.3 is 6.09 Å². The lowest BCUT2D eigenvalue weighted by atomic mass is 9.71. The Morgan fingerprint density at radius 3 is 2.39 bits per heavy atom. The van der Waals surface area contributed by atoms with E-state index >= 15 is 0 Å². The standard InChI is InChI=1S/C23H36FN5O2/c1-22(2,3)31-21(30)26-29-10-6-18(7-11-29)28-15-23(16-28)8-12-27(13-9-23)20-5-4-17(25)14-19(20)24/h4-5,14,18H,6-13,15-16,25H2,1-3H3,(H,26,30). The number of nitrogen functional groups attached to an aromatic ring is 1. The van der Waals surface area contributed by atoms with Gasteiger partial charge in [-0.15, -0.1) is 0 Å². The molecule has 0 bridgehead atoms. The van der Waals surface area contributed by atoms with Crippen molar-refractivity contribution in [2.45, 2.75) is 58.1 Å². The van der Waals surface area contributed by atoms with E-state index in [1.165, 1.54) is 6.07 Å². The molecule has 0 unspecified atom stereocenters. The SMILES string of the molecule is CC(C)(C)OC(=O)NN1CCC(N2CC3(CCN(c4ccc(N)cc4F)CC3)C2)CC1. The van der Waals surface area contributed by atoms with E-state index < -0.39 is 5.60 Å². The van der Waals surface area contributed by atoms with Crippen molar-refractivity contribution in [1.82, 2.24) is 15.3 Å². The third kappa shape index (κ3) is 5.23. The fourth-order valence-electron chi connectivity index (χ4n) is 5.16. The van der Waals surface area contributed by atoms with E-state index in [0.717, 1.165) is 65.0 Å². The number of ether oxygens (including phenoxy) is 1. The molecule has 8 heteroatoms. The number of nitrogens with zero attached hydrogens (tertiary/aromatic N) is 3. The number of piperidine rings is 2. The Kier molecular flexibility index (Phi) is 6.05. The van der Waals surface area contributed by atoms with Crippen LogP contribution in [0.25, 0.3) is 0 Å². The largest absolute Gasteiger partial charge is 0.443 e. The monoisotopic (exact) mass is 433 g/mol. The molecule has 0 aromatic heterocycles. The molecule has 0 aliphatic carbocycles. The molecule has 1 aromatic carbocycles. The number of carbonyl (C=O) groups excluding carboxylic acids is 1. The molecular weight excluding hydrogens is 397 g/mol. The van der Waals surface area contributed by atoms with Crippen molar-refractivity contribution in [1.29, 1.82) is 0 Å². The molecule has 4 rings (SSSR count). The van der Waals surface area contributed by atoms with Crippen LogP contribution in [-0.4, -0.2) is 66.9 Å². The zero-order valence-corrected chi connectivity index (χ0v) is 19.0. The molecular formula is C23H36FN5O2. The van der Waals surface area contributed by atoms with Gasteiger partial charge in [-0.25, -0.2) is 14.2 Å². The van der Waals surface area contributed by atoms with Crippen LogP contribution < -0.4 is 16.1 Å². The van der Waals surface area contributed by atoms with Gasteiger partial charge in [0.25, 0.3) is 0 Å². The van der Waals surface area contributed by atoms with Crippen molar-refractivity contribution in [2.75, 3.05) is 49.9 Å². The number of carbonyl (C=O) groups is 1. The third-order valence-corrected chi connectivity index (χ3v) is 6.84. The molecule has 1 spiro atoms. The average Bonchev–Trinajstić information content (AvgIpc) is 2.66. The van der Waals surface area contributed by atoms with E-state index in [9.17, 15) is 9.18 Å². The van der Waals surface area contributed by atoms with E-state index in [1.54, 1.807) is 12.1 Å². The number of hydrazine groups is 1. The summed E-state index contributed by atoms with van der Waals surface area (Å²) in [7, 11) is 0. The minimum Gasteiger partial charge on any atom is -0.443 e. The molecule has 0 saturated carbocycles. The second-order valence-corrected chi connectivity index (χ2v) is 10.4. The third-order valence-electron chi connectivity index (χ3n) is 6.84. The van der Waals surface area contributed by atoms with Crippen LogP contribution in [0.1, 0.15) is 46.5 Å². The summed E-state index contributed by atoms with van der Waals surface area (Å²) in [6.07, 6.45) is 3.93. The Morgan fingerprint density at radius 1 is 1.16 bits per heavy atom. The van der Waals surface area contributed by atoms with Gasteiger partial charge in [0, 0.05) is 51.0 Å². The van der Waals surface area contributed by atoms with Crippen LogP contribution in [-0.2, 0) is 4.74 Å². The number of nitrogens with one attached hydrogen (secondary N) is 1. The number of likely N-dealkylation sites (tertiary alicyclic amines) is 1. The summed E-state index contributed by atoms with van der Waals surface area (Å²) >= 11 is 0. The maximum Gasteiger partial charge on any atom is 0.422 e. The lowest BCUT2D eigenvalue weighted by molar-refractivity contribution is -0.0650.